The fourth-order valence-electron chi connectivity index (χ4n) is 2.80. The Morgan fingerprint density at radius 2 is 1.42 bits per heavy atom. The van der Waals surface area contributed by atoms with Crippen LogP contribution < -0.4 is 0 Å². The highest BCUT2D eigenvalue weighted by atomic mass is 16.5. The van der Waals surface area contributed by atoms with Gasteiger partial charge in [0.15, 0.2) is 0 Å². The number of nitrogens with zero attached hydrogens (tertiary/aromatic N) is 1. The van der Waals surface area contributed by atoms with Crippen LogP contribution in [0.4, 0.5) is 0 Å². The van der Waals surface area contributed by atoms with E-state index < -0.39 is 0 Å². The standard InChI is InChI=1S/C17H28NO/c1-11(2)16(18(19)17(6,7)8)15-13(4)9-12(3)10-14(15)5/h9-11,16H,1-8H3. The number of rotatable bonds is 3. The van der Waals surface area contributed by atoms with Gasteiger partial charge >= 0.3 is 0 Å². The van der Waals surface area contributed by atoms with Gasteiger partial charge in [0.25, 0.3) is 0 Å². The van der Waals surface area contributed by atoms with Crippen molar-refractivity contribution in [3.05, 3.63) is 34.4 Å². The highest BCUT2D eigenvalue weighted by molar-refractivity contribution is 5.40. The molecule has 0 bridgehead atoms. The van der Waals surface area contributed by atoms with Crippen molar-refractivity contribution in [1.82, 2.24) is 5.06 Å². The quantitative estimate of drug-likeness (QED) is 0.721. The molecule has 1 aromatic rings. The monoisotopic (exact) mass is 262 g/mol. The van der Waals surface area contributed by atoms with Crippen LogP contribution in [-0.4, -0.2) is 10.6 Å². The van der Waals surface area contributed by atoms with Crippen LogP contribution in [0.3, 0.4) is 0 Å². The highest BCUT2D eigenvalue weighted by Gasteiger charge is 2.34. The second kappa shape index (κ2) is 5.64. The van der Waals surface area contributed by atoms with Crippen LogP contribution in [0.1, 0.15) is 62.9 Å². The van der Waals surface area contributed by atoms with Crippen molar-refractivity contribution in [1.29, 1.82) is 0 Å². The molecule has 0 aromatic heterocycles. The average molecular weight is 262 g/mol. The third-order valence-electron chi connectivity index (χ3n) is 3.58. The van der Waals surface area contributed by atoms with Crippen LogP contribution in [0.5, 0.6) is 0 Å². The second-order valence-corrected chi connectivity index (χ2v) is 7.00. The third-order valence-corrected chi connectivity index (χ3v) is 3.58. The van der Waals surface area contributed by atoms with Gasteiger partial charge in [0, 0.05) is 5.54 Å². The Bertz CT molecular complexity index is 420. The van der Waals surface area contributed by atoms with Gasteiger partial charge in [0.1, 0.15) is 0 Å². The van der Waals surface area contributed by atoms with Crippen molar-refractivity contribution < 1.29 is 5.21 Å². The van der Waals surface area contributed by atoms with E-state index >= 15 is 0 Å². The fraction of sp³-hybridized carbons (Fsp3) is 0.647. The van der Waals surface area contributed by atoms with E-state index in [4.69, 9.17) is 0 Å². The first-order valence-electron chi connectivity index (χ1n) is 7.10. The molecule has 0 saturated heterocycles. The van der Waals surface area contributed by atoms with E-state index in [1.807, 2.05) is 20.8 Å². The molecule has 0 aliphatic carbocycles. The van der Waals surface area contributed by atoms with Gasteiger partial charge in [-0.2, -0.15) is 0 Å². The summed E-state index contributed by atoms with van der Waals surface area (Å²) < 4.78 is 0. The molecule has 0 fully saturated rings. The molecule has 1 unspecified atom stereocenters. The molecule has 107 valence electrons. The first-order valence-corrected chi connectivity index (χ1v) is 7.10. The minimum absolute atomic E-state index is 0.0828. The normalized spacial score (nSPS) is 14.3. The van der Waals surface area contributed by atoms with E-state index in [1.165, 1.54) is 27.3 Å². The summed E-state index contributed by atoms with van der Waals surface area (Å²) in [6.07, 6.45) is 0. The summed E-state index contributed by atoms with van der Waals surface area (Å²) in [7, 11) is 0. The Balaban J connectivity index is 3.36. The molecule has 2 nitrogen and oxygen atoms in total. The van der Waals surface area contributed by atoms with Crippen molar-refractivity contribution in [3.8, 4) is 0 Å². The minimum atomic E-state index is -0.376. The molecule has 0 heterocycles. The fourth-order valence-corrected chi connectivity index (χ4v) is 2.80. The molecule has 1 radical (unpaired) electrons. The number of aryl methyl sites for hydroxylation is 3. The van der Waals surface area contributed by atoms with Crippen molar-refractivity contribution >= 4 is 0 Å². The van der Waals surface area contributed by atoms with Gasteiger partial charge in [-0.05, 0) is 64.2 Å². The maximum atomic E-state index is 12.7. The van der Waals surface area contributed by atoms with Crippen LogP contribution in [-0.2, 0) is 5.21 Å². The lowest BCUT2D eigenvalue weighted by Crippen LogP contribution is -2.42. The largest absolute Gasteiger partial charge is 0.142 e. The molecule has 19 heavy (non-hydrogen) atoms. The SMILES string of the molecule is Cc1cc(C)c(C(C(C)C)N([O])C(C)(C)C)c(C)c1. The number of hydroxylamine groups is 2. The molecular formula is C17H28NO. The molecule has 1 aromatic carbocycles. The van der Waals surface area contributed by atoms with Gasteiger partial charge in [-0.15, -0.1) is 10.3 Å². The Hall–Kier alpha value is -0.860. The Morgan fingerprint density at radius 1 is 1.00 bits per heavy atom. The van der Waals surface area contributed by atoms with Crippen molar-refractivity contribution in [2.24, 2.45) is 5.92 Å². The molecule has 0 N–H and O–H groups in total. The van der Waals surface area contributed by atoms with Gasteiger partial charge in [-0.25, -0.2) is 0 Å². The summed E-state index contributed by atoms with van der Waals surface area (Å²) in [4.78, 5) is 0. The Labute approximate surface area is 118 Å². The van der Waals surface area contributed by atoms with Gasteiger partial charge in [-0.1, -0.05) is 31.5 Å². The van der Waals surface area contributed by atoms with Gasteiger partial charge in [-0.3, -0.25) is 0 Å². The zero-order valence-electron chi connectivity index (χ0n) is 13.7. The van der Waals surface area contributed by atoms with E-state index in [-0.39, 0.29) is 17.5 Å². The highest BCUT2D eigenvalue weighted by Crippen LogP contribution is 2.36. The molecule has 0 aliphatic heterocycles. The number of benzene rings is 1. The summed E-state index contributed by atoms with van der Waals surface area (Å²) >= 11 is 0. The van der Waals surface area contributed by atoms with E-state index in [0.717, 1.165) is 0 Å². The molecule has 2 heteroatoms. The average Bonchev–Trinajstić information content (AvgIpc) is 2.20. The third kappa shape index (κ3) is 3.58. The maximum Gasteiger partial charge on any atom is 0.0666 e. The second-order valence-electron chi connectivity index (χ2n) is 7.00. The first kappa shape index (κ1) is 16.2. The zero-order valence-corrected chi connectivity index (χ0v) is 13.7. The van der Waals surface area contributed by atoms with Gasteiger partial charge < -0.3 is 0 Å². The first-order chi connectivity index (χ1) is 8.55. The van der Waals surface area contributed by atoms with Crippen molar-refractivity contribution in [2.45, 2.75) is 67.0 Å². The van der Waals surface area contributed by atoms with E-state index in [0.29, 0.717) is 0 Å². The molecule has 0 spiro atoms. The number of hydrogen-bond acceptors (Lipinski definition) is 1. The minimum Gasteiger partial charge on any atom is -0.142 e. The summed E-state index contributed by atoms with van der Waals surface area (Å²) in [5, 5.41) is 14.0. The van der Waals surface area contributed by atoms with Crippen LogP contribution in [0.2, 0.25) is 0 Å². The van der Waals surface area contributed by atoms with Gasteiger partial charge in [0.05, 0.1) is 6.04 Å². The van der Waals surface area contributed by atoms with E-state index in [1.54, 1.807) is 0 Å². The summed E-state index contributed by atoms with van der Waals surface area (Å²) in [5.74, 6) is 0.289. The summed E-state index contributed by atoms with van der Waals surface area (Å²) in [6, 6.07) is 4.27. The molecule has 1 rings (SSSR count). The predicted octanol–water partition coefficient (Wildman–Crippen LogP) is 4.75. The lowest BCUT2D eigenvalue weighted by Gasteiger charge is -2.38. The smallest absolute Gasteiger partial charge is 0.0666 e. The molecule has 0 aliphatic rings. The zero-order chi connectivity index (χ0) is 15.0. The van der Waals surface area contributed by atoms with E-state index in [9.17, 15) is 5.21 Å². The molecular weight excluding hydrogens is 234 g/mol. The van der Waals surface area contributed by atoms with Crippen molar-refractivity contribution in [2.75, 3.05) is 0 Å². The van der Waals surface area contributed by atoms with Crippen molar-refractivity contribution in [3.63, 3.8) is 0 Å². The maximum absolute atomic E-state index is 12.7. The molecule has 0 amide bonds. The Morgan fingerprint density at radius 3 is 1.74 bits per heavy atom. The predicted molar refractivity (Wildman–Crippen MR) is 80.5 cm³/mol. The van der Waals surface area contributed by atoms with Crippen LogP contribution in [0.15, 0.2) is 12.1 Å². The Kier molecular flexibility index (Phi) is 4.81. The summed E-state index contributed by atoms with van der Waals surface area (Å²) in [5.41, 5.74) is 4.53. The lowest BCUT2D eigenvalue weighted by molar-refractivity contribution is -0.250. The molecule has 1 atom stereocenters. The van der Waals surface area contributed by atoms with Crippen LogP contribution in [0, 0.1) is 26.7 Å². The van der Waals surface area contributed by atoms with E-state index in [2.05, 4.69) is 46.8 Å². The van der Waals surface area contributed by atoms with Gasteiger partial charge in [0.2, 0.25) is 0 Å². The topological polar surface area (TPSA) is 23.1 Å². The molecule has 0 saturated carbocycles. The summed E-state index contributed by atoms with van der Waals surface area (Å²) in [6.45, 7) is 16.5. The lowest BCUT2D eigenvalue weighted by atomic mass is 9.86. The van der Waals surface area contributed by atoms with Crippen LogP contribution in [0.25, 0.3) is 0 Å². The van der Waals surface area contributed by atoms with Crippen LogP contribution >= 0.6 is 0 Å². The number of hydrogen-bond donors (Lipinski definition) is 0.